The van der Waals surface area contributed by atoms with E-state index in [9.17, 15) is 4.39 Å². The zero-order chi connectivity index (χ0) is 21.9. The zero-order valence-electron chi connectivity index (χ0n) is 19.0. The SMILES string of the molecule is CCCCCCCc1cnc(-c2ccc(-c3ccc(CCCCC)cc3)cc2)nc1F. The van der Waals surface area contributed by atoms with Gasteiger partial charge in [-0.15, -0.1) is 0 Å². The maximum absolute atomic E-state index is 14.5. The van der Waals surface area contributed by atoms with Crippen molar-refractivity contribution in [3.63, 3.8) is 0 Å². The Bertz CT molecular complexity index is 917. The highest BCUT2D eigenvalue weighted by atomic mass is 19.1. The number of benzene rings is 2. The van der Waals surface area contributed by atoms with Crippen molar-refractivity contribution >= 4 is 0 Å². The summed E-state index contributed by atoms with van der Waals surface area (Å²) in [6, 6.07) is 16.9. The third kappa shape index (κ3) is 6.99. The molecule has 0 fully saturated rings. The number of rotatable bonds is 12. The second kappa shape index (κ2) is 12.3. The van der Waals surface area contributed by atoms with Gasteiger partial charge in [-0.25, -0.2) is 4.98 Å². The van der Waals surface area contributed by atoms with Crippen LogP contribution in [0.3, 0.4) is 0 Å². The second-order valence-corrected chi connectivity index (χ2v) is 8.41. The molecule has 31 heavy (non-hydrogen) atoms. The van der Waals surface area contributed by atoms with Gasteiger partial charge in [0, 0.05) is 17.3 Å². The highest BCUT2D eigenvalue weighted by Gasteiger charge is 2.09. The van der Waals surface area contributed by atoms with Gasteiger partial charge in [0.05, 0.1) is 0 Å². The van der Waals surface area contributed by atoms with Crippen LogP contribution in [0.5, 0.6) is 0 Å². The number of unbranched alkanes of at least 4 members (excludes halogenated alkanes) is 6. The van der Waals surface area contributed by atoms with Crippen LogP contribution in [-0.4, -0.2) is 9.97 Å². The minimum atomic E-state index is -0.386. The molecule has 0 atom stereocenters. The standard InChI is InChI=1S/C28H35FN2/c1-3-5-7-8-10-12-26-21-30-28(31-27(26)29)25-19-17-24(18-20-25)23-15-13-22(14-16-23)11-9-6-4-2/h13-21H,3-12H2,1-2H3. The zero-order valence-corrected chi connectivity index (χ0v) is 19.0. The smallest absolute Gasteiger partial charge is 0.219 e. The molecule has 0 N–H and O–H groups in total. The van der Waals surface area contributed by atoms with Crippen molar-refractivity contribution in [1.29, 1.82) is 0 Å². The number of halogens is 1. The number of nitrogens with zero attached hydrogens (tertiary/aromatic N) is 2. The quantitative estimate of drug-likeness (QED) is 0.219. The van der Waals surface area contributed by atoms with Gasteiger partial charge in [-0.1, -0.05) is 101 Å². The molecule has 0 aliphatic rings. The van der Waals surface area contributed by atoms with Crippen LogP contribution in [0.4, 0.5) is 4.39 Å². The number of aryl methyl sites for hydroxylation is 2. The molecular formula is C28H35FN2. The number of hydrogen-bond acceptors (Lipinski definition) is 2. The lowest BCUT2D eigenvalue weighted by atomic mass is 10.0. The molecule has 1 aromatic heterocycles. The van der Waals surface area contributed by atoms with Crippen molar-refractivity contribution in [2.24, 2.45) is 0 Å². The van der Waals surface area contributed by atoms with Crippen molar-refractivity contribution in [3.8, 4) is 22.5 Å². The molecule has 0 aliphatic heterocycles. The fourth-order valence-electron chi connectivity index (χ4n) is 3.87. The molecule has 0 spiro atoms. The summed E-state index contributed by atoms with van der Waals surface area (Å²) in [5.41, 5.74) is 5.19. The van der Waals surface area contributed by atoms with E-state index in [2.05, 4.69) is 60.2 Å². The first kappa shape index (κ1) is 23.1. The van der Waals surface area contributed by atoms with E-state index in [1.165, 1.54) is 49.7 Å². The third-order valence-corrected chi connectivity index (χ3v) is 5.86. The minimum Gasteiger partial charge on any atom is -0.236 e. The van der Waals surface area contributed by atoms with Crippen molar-refractivity contribution in [3.05, 3.63) is 71.8 Å². The maximum Gasteiger partial charge on any atom is 0.219 e. The van der Waals surface area contributed by atoms with Crippen molar-refractivity contribution in [2.75, 3.05) is 0 Å². The van der Waals surface area contributed by atoms with Crippen LogP contribution in [-0.2, 0) is 12.8 Å². The normalized spacial score (nSPS) is 11.1. The van der Waals surface area contributed by atoms with E-state index in [0.29, 0.717) is 17.8 Å². The van der Waals surface area contributed by atoms with Gasteiger partial charge in [0.2, 0.25) is 5.95 Å². The van der Waals surface area contributed by atoms with E-state index in [1.54, 1.807) is 6.20 Å². The van der Waals surface area contributed by atoms with E-state index in [-0.39, 0.29) is 5.95 Å². The molecule has 0 unspecified atom stereocenters. The lowest BCUT2D eigenvalue weighted by molar-refractivity contribution is 0.551. The van der Waals surface area contributed by atoms with Gasteiger partial charge < -0.3 is 0 Å². The highest BCUT2D eigenvalue weighted by Crippen LogP contribution is 2.24. The van der Waals surface area contributed by atoms with E-state index in [1.807, 2.05) is 12.1 Å². The Morgan fingerprint density at radius 3 is 1.84 bits per heavy atom. The Morgan fingerprint density at radius 2 is 1.19 bits per heavy atom. The summed E-state index contributed by atoms with van der Waals surface area (Å²) in [7, 11) is 0. The second-order valence-electron chi connectivity index (χ2n) is 8.41. The third-order valence-electron chi connectivity index (χ3n) is 5.86. The van der Waals surface area contributed by atoms with Crippen molar-refractivity contribution in [1.82, 2.24) is 9.97 Å². The van der Waals surface area contributed by atoms with Crippen LogP contribution in [0.15, 0.2) is 54.7 Å². The van der Waals surface area contributed by atoms with Crippen LogP contribution in [0.1, 0.15) is 76.3 Å². The van der Waals surface area contributed by atoms with Gasteiger partial charge in [0.15, 0.2) is 5.82 Å². The van der Waals surface area contributed by atoms with Crippen LogP contribution in [0.2, 0.25) is 0 Å². The van der Waals surface area contributed by atoms with Gasteiger partial charge in [-0.2, -0.15) is 9.37 Å². The molecule has 0 amide bonds. The summed E-state index contributed by atoms with van der Waals surface area (Å²) < 4.78 is 14.5. The Kier molecular flexibility index (Phi) is 9.20. The average molecular weight is 419 g/mol. The first-order valence-corrected chi connectivity index (χ1v) is 11.9. The maximum atomic E-state index is 14.5. The predicted octanol–water partition coefficient (Wildman–Crippen LogP) is 8.20. The first-order valence-electron chi connectivity index (χ1n) is 11.9. The summed E-state index contributed by atoms with van der Waals surface area (Å²) in [6.45, 7) is 4.43. The van der Waals surface area contributed by atoms with E-state index < -0.39 is 0 Å². The Morgan fingerprint density at radius 1 is 0.645 bits per heavy atom. The summed E-state index contributed by atoms with van der Waals surface area (Å²) >= 11 is 0. The molecule has 2 nitrogen and oxygen atoms in total. The van der Waals surface area contributed by atoms with Gasteiger partial charge in [0.25, 0.3) is 0 Å². The topological polar surface area (TPSA) is 25.8 Å². The lowest BCUT2D eigenvalue weighted by Gasteiger charge is -2.07. The fourth-order valence-corrected chi connectivity index (χ4v) is 3.87. The molecule has 1 heterocycles. The molecule has 0 radical (unpaired) electrons. The molecule has 3 aromatic rings. The molecule has 0 aliphatic carbocycles. The number of hydrogen-bond donors (Lipinski definition) is 0. The van der Waals surface area contributed by atoms with Gasteiger partial charge in [-0.3, -0.25) is 0 Å². The van der Waals surface area contributed by atoms with Crippen molar-refractivity contribution in [2.45, 2.75) is 78.1 Å². The summed E-state index contributed by atoms with van der Waals surface area (Å²) in [4.78, 5) is 8.55. The highest BCUT2D eigenvalue weighted by molar-refractivity contribution is 5.67. The van der Waals surface area contributed by atoms with E-state index in [4.69, 9.17) is 0 Å². The van der Waals surface area contributed by atoms with E-state index >= 15 is 0 Å². The van der Waals surface area contributed by atoms with Crippen LogP contribution >= 0.6 is 0 Å². The molecule has 2 aromatic carbocycles. The van der Waals surface area contributed by atoms with Crippen LogP contribution < -0.4 is 0 Å². The van der Waals surface area contributed by atoms with Gasteiger partial charge in [0.1, 0.15) is 0 Å². The molecule has 164 valence electrons. The molecule has 0 bridgehead atoms. The Hall–Kier alpha value is -2.55. The molecule has 0 saturated heterocycles. The Labute approximate surface area is 187 Å². The van der Waals surface area contributed by atoms with Gasteiger partial charge >= 0.3 is 0 Å². The summed E-state index contributed by atoms with van der Waals surface area (Å²) in [6.07, 6.45) is 13.1. The lowest BCUT2D eigenvalue weighted by Crippen LogP contribution is -1.99. The van der Waals surface area contributed by atoms with E-state index in [0.717, 1.165) is 30.4 Å². The fraction of sp³-hybridized carbons (Fsp3) is 0.429. The molecule has 0 saturated carbocycles. The van der Waals surface area contributed by atoms with Gasteiger partial charge in [-0.05, 0) is 42.4 Å². The average Bonchev–Trinajstić information content (AvgIpc) is 2.80. The first-order chi connectivity index (χ1) is 15.2. The summed E-state index contributed by atoms with van der Waals surface area (Å²) in [5, 5.41) is 0. The predicted molar refractivity (Wildman–Crippen MR) is 129 cm³/mol. The monoisotopic (exact) mass is 418 g/mol. The molecule has 3 heteroatoms. The summed E-state index contributed by atoms with van der Waals surface area (Å²) in [5.74, 6) is 0.0632. The largest absolute Gasteiger partial charge is 0.236 e. The Balaban J connectivity index is 1.61. The molecular weight excluding hydrogens is 383 g/mol. The van der Waals surface area contributed by atoms with Crippen LogP contribution in [0.25, 0.3) is 22.5 Å². The number of aromatic nitrogens is 2. The molecule has 3 rings (SSSR count). The van der Waals surface area contributed by atoms with Crippen molar-refractivity contribution < 1.29 is 4.39 Å². The minimum absolute atomic E-state index is 0.386. The van der Waals surface area contributed by atoms with Crippen LogP contribution in [0, 0.1) is 5.95 Å².